The molecule has 6 nitrogen and oxygen atoms in total. The maximum absolute atomic E-state index is 13.0. The maximum atomic E-state index is 13.0. The summed E-state index contributed by atoms with van der Waals surface area (Å²) in [4.78, 5) is 40.5. The molecule has 0 radical (unpaired) electrons. The summed E-state index contributed by atoms with van der Waals surface area (Å²) in [6, 6.07) is 5.62. The summed E-state index contributed by atoms with van der Waals surface area (Å²) < 4.78 is 0. The standard InChI is InChI=1S/C21H28N2O4/c1-14-9-15(2)11-17(10-14)20(26)22-7-3-5-16(13-22)21(27)23-8-4-6-18(23)12-19(24)25/h9-11,16,18H,3-8,12-13H2,1-2H3,(H,24,25). The normalized spacial score (nSPS) is 22.7. The monoisotopic (exact) mass is 372 g/mol. The molecule has 0 aromatic heterocycles. The predicted octanol–water partition coefficient (Wildman–Crippen LogP) is 2.62. The van der Waals surface area contributed by atoms with Gasteiger partial charge in [0.1, 0.15) is 0 Å². The molecule has 27 heavy (non-hydrogen) atoms. The minimum absolute atomic E-state index is 0.00364. The second kappa shape index (κ2) is 8.11. The SMILES string of the molecule is Cc1cc(C)cc(C(=O)N2CCCC(C(=O)N3CCCC3CC(=O)O)C2)c1. The summed E-state index contributed by atoms with van der Waals surface area (Å²) in [7, 11) is 0. The van der Waals surface area contributed by atoms with Gasteiger partial charge in [-0.2, -0.15) is 0 Å². The van der Waals surface area contributed by atoms with Gasteiger partial charge in [0.05, 0.1) is 12.3 Å². The molecule has 2 heterocycles. The number of aliphatic carboxylic acids is 1. The van der Waals surface area contributed by atoms with Gasteiger partial charge in [-0.3, -0.25) is 14.4 Å². The smallest absolute Gasteiger partial charge is 0.305 e. The molecule has 3 rings (SSSR count). The van der Waals surface area contributed by atoms with Gasteiger partial charge in [0.2, 0.25) is 5.91 Å². The highest BCUT2D eigenvalue weighted by Crippen LogP contribution is 2.27. The lowest BCUT2D eigenvalue weighted by Crippen LogP contribution is -2.48. The van der Waals surface area contributed by atoms with Crippen molar-refractivity contribution in [2.75, 3.05) is 19.6 Å². The molecule has 2 saturated heterocycles. The Bertz CT molecular complexity index is 725. The molecule has 1 aromatic rings. The maximum Gasteiger partial charge on any atom is 0.305 e. The second-order valence-corrected chi connectivity index (χ2v) is 7.89. The Morgan fingerprint density at radius 1 is 1.04 bits per heavy atom. The average molecular weight is 372 g/mol. The molecule has 1 N–H and O–H groups in total. The Kier molecular flexibility index (Phi) is 5.82. The van der Waals surface area contributed by atoms with E-state index in [2.05, 4.69) is 0 Å². The predicted molar refractivity (Wildman–Crippen MR) is 102 cm³/mol. The molecule has 0 spiro atoms. The minimum Gasteiger partial charge on any atom is -0.481 e. The number of carbonyl (C=O) groups excluding carboxylic acids is 2. The zero-order valence-corrected chi connectivity index (χ0v) is 16.1. The zero-order valence-electron chi connectivity index (χ0n) is 16.1. The Morgan fingerprint density at radius 2 is 1.70 bits per heavy atom. The molecule has 0 aliphatic carbocycles. The van der Waals surface area contributed by atoms with Crippen LogP contribution in [0.4, 0.5) is 0 Å². The number of hydrogen-bond acceptors (Lipinski definition) is 3. The summed E-state index contributed by atoms with van der Waals surface area (Å²) in [6.07, 6.45) is 3.15. The molecule has 1 aromatic carbocycles. The van der Waals surface area contributed by atoms with Crippen molar-refractivity contribution >= 4 is 17.8 Å². The van der Waals surface area contributed by atoms with Crippen LogP contribution in [0.5, 0.6) is 0 Å². The third kappa shape index (κ3) is 4.49. The molecular formula is C21H28N2O4. The fourth-order valence-corrected chi connectivity index (χ4v) is 4.42. The number of likely N-dealkylation sites (tertiary alicyclic amines) is 2. The number of rotatable bonds is 4. The Morgan fingerprint density at radius 3 is 2.37 bits per heavy atom. The van der Waals surface area contributed by atoms with E-state index >= 15 is 0 Å². The molecule has 0 bridgehead atoms. The van der Waals surface area contributed by atoms with Crippen LogP contribution in [0.15, 0.2) is 18.2 Å². The van der Waals surface area contributed by atoms with E-state index in [1.54, 1.807) is 9.80 Å². The molecule has 2 atom stereocenters. The summed E-state index contributed by atoms with van der Waals surface area (Å²) in [5.74, 6) is -1.11. The molecule has 146 valence electrons. The second-order valence-electron chi connectivity index (χ2n) is 7.89. The van der Waals surface area contributed by atoms with Gasteiger partial charge in [-0.15, -0.1) is 0 Å². The van der Waals surface area contributed by atoms with Gasteiger partial charge in [-0.1, -0.05) is 17.2 Å². The molecule has 2 amide bonds. The lowest BCUT2D eigenvalue weighted by Gasteiger charge is -2.35. The summed E-state index contributed by atoms with van der Waals surface area (Å²) >= 11 is 0. The summed E-state index contributed by atoms with van der Waals surface area (Å²) in [5.41, 5.74) is 2.78. The van der Waals surface area contributed by atoms with E-state index in [1.807, 2.05) is 32.0 Å². The Labute approximate surface area is 160 Å². The number of carboxylic acid groups (broad SMARTS) is 1. The number of nitrogens with zero attached hydrogens (tertiary/aromatic N) is 2. The van der Waals surface area contributed by atoms with Gasteiger partial charge in [0.25, 0.3) is 5.91 Å². The van der Waals surface area contributed by atoms with Crippen LogP contribution < -0.4 is 0 Å². The van der Waals surface area contributed by atoms with Crippen molar-refractivity contribution in [1.82, 2.24) is 9.80 Å². The fourth-order valence-electron chi connectivity index (χ4n) is 4.42. The third-order valence-electron chi connectivity index (χ3n) is 5.60. The first-order valence-electron chi connectivity index (χ1n) is 9.75. The van der Waals surface area contributed by atoms with Crippen molar-refractivity contribution in [3.8, 4) is 0 Å². The number of aryl methyl sites for hydroxylation is 2. The van der Waals surface area contributed by atoms with Crippen molar-refractivity contribution in [2.45, 2.75) is 52.0 Å². The molecule has 0 saturated carbocycles. The van der Waals surface area contributed by atoms with E-state index in [0.717, 1.165) is 36.8 Å². The lowest BCUT2D eigenvalue weighted by molar-refractivity contribution is -0.141. The van der Waals surface area contributed by atoms with Gasteiger partial charge < -0.3 is 14.9 Å². The van der Waals surface area contributed by atoms with Crippen LogP contribution in [0.1, 0.15) is 53.6 Å². The van der Waals surface area contributed by atoms with Gasteiger partial charge in [-0.05, 0) is 51.7 Å². The van der Waals surface area contributed by atoms with E-state index in [1.165, 1.54) is 0 Å². The van der Waals surface area contributed by atoms with E-state index < -0.39 is 5.97 Å². The lowest BCUT2D eigenvalue weighted by atomic mass is 9.95. The van der Waals surface area contributed by atoms with Crippen molar-refractivity contribution in [1.29, 1.82) is 0 Å². The largest absolute Gasteiger partial charge is 0.481 e. The highest BCUT2D eigenvalue weighted by Gasteiger charge is 2.37. The van der Waals surface area contributed by atoms with Crippen LogP contribution in [0, 0.1) is 19.8 Å². The van der Waals surface area contributed by atoms with E-state index in [0.29, 0.717) is 25.2 Å². The van der Waals surface area contributed by atoms with Crippen LogP contribution in [0.25, 0.3) is 0 Å². The number of hydrogen-bond donors (Lipinski definition) is 1. The molecule has 2 aliphatic rings. The summed E-state index contributed by atoms with van der Waals surface area (Å²) in [6.45, 7) is 5.65. The van der Waals surface area contributed by atoms with Gasteiger partial charge >= 0.3 is 5.97 Å². The molecule has 2 unspecified atom stereocenters. The molecule has 6 heteroatoms. The van der Waals surface area contributed by atoms with Crippen molar-refractivity contribution in [2.24, 2.45) is 5.92 Å². The van der Waals surface area contributed by atoms with E-state index in [9.17, 15) is 14.4 Å². The first-order valence-corrected chi connectivity index (χ1v) is 9.75. The Balaban J connectivity index is 1.69. The van der Waals surface area contributed by atoms with E-state index in [-0.39, 0.29) is 30.2 Å². The van der Waals surface area contributed by atoms with Crippen LogP contribution in [0.2, 0.25) is 0 Å². The topological polar surface area (TPSA) is 77.9 Å². The first kappa shape index (κ1) is 19.4. The number of amides is 2. The van der Waals surface area contributed by atoms with Gasteiger partial charge in [0, 0.05) is 31.2 Å². The quantitative estimate of drug-likeness (QED) is 0.881. The molecular weight excluding hydrogens is 344 g/mol. The molecule has 2 aliphatic heterocycles. The highest BCUT2D eigenvalue weighted by molar-refractivity contribution is 5.95. The van der Waals surface area contributed by atoms with Gasteiger partial charge in [-0.25, -0.2) is 0 Å². The highest BCUT2D eigenvalue weighted by atomic mass is 16.4. The number of carbonyl (C=O) groups is 3. The first-order chi connectivity index (χ1) is 12.8. The van der Waals surface area contributed by atoms with Gasteiger partial charge in [0.15, 0.2) is 0 Å². The van der Waals surface area contributed by atoms with E-state index in [4.69, 9.17) is 5.11 Å². The number of carboxylic acids is 1. The number of piperidine rings is 1. The van der Waals surface area contributed by atoms with Crippen molar-refractivity contribution in [3.05, 3.63) is 34.9 Å². The van der Waals surface area contributed by atoms with Crippen LogP contribution >= 0.6 is 0 Å². The van der Waals surface area contributed by atoms with Crippen molar-refractivity contribution < 1.29 is 19.5 Å². The van der Waals surface area contributed by atoms with Crippen LogP contribution in [-0.4, -0.2) is 58.4 Å². The fraction of sp³-hybridized carbons (Fsp3) is 0.571. The number of benzene rings is 1. The van der Waals surface area contributed by atoms with Crippen LogP contribution in [0.3, 0.4) is 0 Å². The summed E-state index contributed by atoms with van der Waals surface area (Å²) in [5, 5.41) is 9.08. The van der Waals surface area contributed by atoms with Crippen LogP contribution in [-0.2, 0) is 9.59 Å². The van der Waals surface area contributed by atoms with Crippen molar-refractivity contribution in [3.63, 3.8) is 0 Å². The zero-order chi connectivity index (χ0) is 19.6. The average Bonchev–Trinajstić information content (AvgIpc) is 3.07. The third-order valence-corrected chi connectivity index (χ3v) is 5.60. The molecule has 2 fully saturated rings. The Hall–Kier alpha value is -2.37. The minimum atomic E-state index is -0.866.